The predicted molar refractivity (Wildman–Crippen MR) is 130 cm³/mol. The monoisotopic (exact) mass is 443 g/mol. The molecule has 0 unspecified atom stereocenters. The maximum absolute atomic E-state index is 12.0. The lowest BCUT2D eigenvalue weighted by atomic mass is 9.41. The van der Waals surface area contributed by atoms with Gasteiger partial charge in [-0.25, -0.2) is 0 Å². The number of nitrogens with zero attached hydrogens (tertiary/aromatic N) is 1. The van der Waals surface area contributed by atoms with Gasteiger partial charge in [0.1, 0.15) is 0 Å². The Kier molecular flexibility index (Phi) is 6.81. The van der Waals surface area contributed by atoms with Crippen LogP contribution in [0, 0.1) is 63.6 Å². The summed E-state index contributed by atoms with van der Waals surface area (Å²) in [5.74, 6) is 4.09. The Morgan fingerprint density at radius 3 is 2.44 bits per heavy atom. The van der Waals surface area contributed by atoms with Crippen LogP contribution in [0.4, 0.5) is 0 Å². The third kappa shape index (κ3) is 3.67. The van der Waals surface area contributed by atoms with Gasteiger partial charge in [-0.3, -0.25) is 0 Å². The summed E-state index contributed by atoms with van der Waals surface area (Å²) in [5, 5.41) is 22.2. The van der Waals surface area contributed by atoms with E-state index in [1.54, 1.807) is 7.11 Å². The fourth-order valence-electron chi connectivity index (χ4n) is 9.67. The molecule has 0 saturated heterocycles. The van der Waals surface area contributed by atoms with Crippen LogP contribution in [0.25, 0.3) is 0 Å². The molecule has 4 saturated carbocycles. The summed E-state index contributed by atoms with van der Waals surface area (Å²) >= 11 is 0. The van der Waals surface area contributed by atoms with Gasteiger partial charge in [0.25, 0.3) is 0 Å². The number of ether oxygens (including phenoxy) is 1. The fourth-order valence-corrected chi connectivity index (χ4v) is 9.67. The van der Waals surface area contributed by atoms with Gasteiger partial charge in [0.05, 0.1) is 23.7 Å². The van der Waals surface area contributed by atoms with Crippen LogP contribution >= 0.6 is 0 Å². The Bertz CT molecular complexity index is 714. The Balaban J connectivity index is 1.56. The van der Waals surface area contributed by atoms with E-state index in [1.165, 1.54) is 44.9 Å². The summed E-state index contributed by atoms with van der Waals surface area (Å²) in [5.41, 5.74) is -0.612. The van der Waals surface area contributed by atoms with E-state index in [0.717, 1.165) is 42.9 Å². The molecular formula is C29H49NO2. The van der Waals surface area contributed by atoms with E-state index >= 15 is 0 Å². The van der Waals surface area contributed by atoms with Crippen molar-refractivity contribution in [2.45, 2.75) is 117 Å². The molecule has 0 heterocycles. The van der Waals surface area contributed by atoms with Crippen molar-refractivity contribution in [3.8, 4) is 6.07 Å². The third-order valence-electron chi connectivity index (χ3n) is 11.5. The van der Waals surface area contributed by atoms with Gasteiger partial charge in [-0.05, 0) is 85.9 Å². The molecular weight excluding hydrogens is 394 g/mol. The summed E-state index contributed by atoms with van der Waals surface area (Å²) in [6, 6.07) is 2.61. The van der Waals surface area contributed by atoms with Gasteiger partial charge in [-0.1, -0.05) is 53.9 Å². The summed E-state index contributed by atoms with van der Waals surface area (Å²) < 4.78 is 5.68. The van der Waals surface area contributed by atoms with Crippen molar-refractivity contribution in [2.75, 3.05) is 7.11 Å². The fraction of sp³-hybridized carbons (Fsp3) is 0.966. The van der Waals surface area contributed by atoms with E-state index in [2.05, 4.69) is 40.7 Å². The van der Waals surface area contributed by atoms with Crippen LogP contribution in [0.15, 0.2) is 0 Å². The second kappa shape index (κ2) is 8.88. The minimum absolute atomic E-state index is 0.0943. The van der Waals surface area contributed by atoms with E-state index in [0.29, 0.717) is 23.7 Å². The summed E-state index contributed by atoms with van der Waals surface area (Å²) in [4.78, 5) is 0. The van der Waals surface area contributed by atoms with Crippen LogP contribution in [-0.4, -0.2) is 23.9 Å². The molecule has 32 heavy (non-hydrogen) atoms. The molecule has 1 N–H and O–H groups in total. The molecule has 3 heteroatoms. The maximum atomic E-state index is 12.0. The second-order valence-corrected chi connectivity index (χ2v) is 13.3. The number of rotatable bonds is 6. The van der Waals surface area contributed by atoms with E-state index in [-0.39, 0.29) is 17.4 Å². The molecule has 0 aromatic carbocycles. The highest BCUT2D eigenvalue weighted by Crippen LogP contribution is 2.70. The molecule has 0 radical (unpaired) electrons. The van der Waals surface area contributed by atoms with Gasteiger partial charge in [-0.15, -0.1) is 0 Å². The van der Waals surface area contributed by atoms with Crippen LogP contribution in [0.3, 0.4) is 0 Å². The van der Waals surface area contributed by atoms with Crippen LogP contribution in [-0.2, 0) is 4.74 Å². The van der Waals surface area contributed by atoms with Gasteiger partial charge < -0.3 is 9.84 Å². The lowest BCUT2D eigenvalue weighted by Gasteiger charge is -2.65. The molecule has 3 nitrogen and oxygen atoms in total. The maximum Gasteiger partial charge on any atom is 0.0885 e. The first-order valence-electron chi connectivity index (χ1n) is 13.8. The average molecular weight is 444 g/mol. The van der Waals surface area contributed by atoms with Crippen molar-refractivity contribution < 1.29 is 9.84 Å². The quantitative estimate of drug-likeness (QED) is 0.481. The summed E-state index contributed by atoms with van der Waals surface area (Å²) in [7, 11) is 1.76. The van der Waals surface area contributed by atoms with Crippen LogP contribution in [0.5, 0.6) is 0 Å². The molecule has 0 aliphatic heterocycles. The molecule has 4 aliphatic rings. The van der Waals surface area contributed by atoms with Gasteiger partial charge in [0, 0.05) is 18.9 Å². The lowest BCUT2D eigenvalue weighted by Crippen LogP contribution is -2.66. The standard InChI is InChI=1S/C29H49NO2/c1-19(2)8-7-9-20(3)24-10-11-25-23-16-21(18-30)29(31)17-22(32-6)12-15-28(29,5)26(23)13-14-27(24,25)4/h19-26,31H,7-17H2,1-6H3/t20-,21-,22+,23-,24+,25-,26-,27+,28-,29+/m1/s1. The molecule has 10 atom stereocenters. The van der Waals surface area contributed by atoms with E-state index in [4.69, 9.17) is 4.74 Å². The minimum atomic E-state index is -0.891. The zero-order valence-corrected chi connectivity index (χ0v) is 21.7. The lowest BCUT2D eigenvalue weighted by molar-refractivity contribution is -0.239. The molecule has 4 fully saturated rings. The largest absolute Gasteiger partial charge is 0.388 e. The number of aliphatic hydroxyl groups is 1. The van der Waals surface area contributed by atoms with Crippen LogP contribution in [0.2, 0.25) is 0 Å². The van der Waals surface area contributed by atoms with Gasteiger partial charge in [0.2, 0.25) is 0 Å². The zero-order chi connectivity index (χ0) is 23.3. The molecule has 0 bridgehead atoms. The van der Waals surface area contributed by atoms with Crippen molar-refractivity contribution in [2.24, 2.45) is 52.3 Å². The third-order valence-corrected chi connectivity index (χ3v) is 11.5. The first-order valence-corrected chi connectivity index (χ1v) is 13.8. The van der Waals surface area contributed by atoms with Gasteiger partial charge in [-0.2, -0.15) is 5.26 Å². The molecule has 0 aromatic heterocycles. The molecule has 0 amide bonds. The van der Waals surface area contributed by atoms with Gasteiger partial charge in [0.15, 0.2) is 0 Å². The first-order chi connectivity index (χ1) is 15.1. The molecule has 4 aliphatic carbocycles. The molecule has 182 valence electrons. The first kappa shape index (κ1) is 24.5. The van der Waals surface area contributed by atoms with E-state index in [9.17, 15) is 10.4 Å². The molecule has 0 aromatic rings. The van der Waals surface area contributed by atoms with Crippen molar-refractivity contribution in [1.29, 1.82) is 5.26 Å². The Morgan fingerprint density at radius 1 is 1.03 bits per heavy atom. The van der Waals surface area contributed by atoms with Gasteiger partial charge >= 0.3 is 0 Å². The average Bonchev–Trinajstić information content (AvgIpc) is 3.10. The highest BCUT2D eigenvalue weighted by Gasteiger charge is 2.67. The minimum Gasteiger partial charge on any atom is -0.388 e. The smallest absolute Gasteiger partial charge is 0.0885 e. The van der Waals surface area contributed by atoms with Crippen LogP contribution < -0.4 is 0 Å². The normalized spacial score (nSPS) is 49.1. The number of fused-ring (bicyclic) bond motifs is 5. The molecule has 0 spiro atoms. The zero-order valence-electron chi connectivity index (χ0n) is 21.7. The number of hydrogen-bond acceptors (Lipinski definition) is 3. The van der Waals surface area contributed by atoms with Crippen molar-refractivity contribution in [3.05, 3.63) is 0 Å². The van der Waals surface area contributed by atoms with E-state index in [1.807, 2.05) is 0 Å². The van der Waals surface area contributed by atoms with Crippen molar-refractivity contribution >= 4 is 0 Å². The van der Waals surface area contributed by atoms with E-state index < -0.39 is 5.60 Å². The Hall–Kier alpha value is -0.590. The topological polar surface area (TPSA) is 53.2 Å². The predicted octanol–water partition coefficient (Wildman–Crippen LogP) is 6.99. The summed E-state index contributed by atoms with van der Waals surface area (Å²) in [6.45, 7) is 12.2. The number of nitriles is 1. The highest BCUT2D eigenvalue weighted by molar-refractivity contribution is 5.20. The highest BCUT2D eigenvalue weighted by atomic mass is 16.5. The summed E-state index contributed by atoms with van der Waals surface area (Å²) in [6.07, 6.45) is 13.0. The number of hydrogen-bond donors (Lipinski definition) is 1. The Labute approximate surface area is 197 Å². The second-order valence-electron chi connectivity index (χ2n) is 13.3. The molecule has 4 rings (SSSR count). The number of methoxy groups -OCH3 is 1. The van der Waals surface area contributed by atoms with Crippen molar-refractivity contribution in [1.82, 2.24) is 0 Å². The SMILES string of the molecule is CO[C@H]1CC[C@]2(C)[C@@H]3CC[C@]4(C)[C@H](CC[C@H]4[C@H](C)CCCC(C)C)[C@H]3C[C@H](C#N)[C@@]2(O)C1. The van der Waals surface area contributed by atoms with Crippen molar-refractivity contribution in [3.63, 3.8) is 0 Å². The Morgan fingerprint density at radius 2 is 1.78 bits per heavy atom. The van der Waals surface area contributed by atoms with Crippen LogP contribution in [0.1, 0.15) is 105 Å².